The molecule has 2 N–H and O–H groups in total. The van der Waals surface area contributed by atoms with Crippen LogP contribution in [0, 0.1) is 6.92 Å². The van der Waals surface area contributed by atoms with Gasteiger partial charge in [0.15, 0.2) is 0 Å². The second-order valence-corrected chi connectivity index (χ2v) is 5.35. The van der Waals surface area contributed by atoms with Crippen LogP contribution in [0.15, 0.2) is 18.2 Å². The summed E-state index contributed by atoms with van der Waals surface area (Å²) in [6.07, 6.45) is 2.53. The summed E-state index contributed by atoms with van der Waals surface area (Å²) >= 11 is 0. The molecule has 0 saturated heterocycles. The second kappa shape index (κ2) is 6.06. The molecule has 4 nitrogen and oxygen atoms in total. The minimum Gasteiger partial charge on any atom is -0.491 e. The number of amides is 1. The number of ether oxygens (including phenoxy) is 1. The van der Waals surface area contributed by atoms with Crippen LogP contribution in [0.1, 0.15) is 32.3 Å². The molecule has 1 amide bonds. The van der Waals surface area contributed by atoms with Gasteiger partial charge in [0.25, 0.3) is 0 Å². The SMILES string of the molecule is Cc1cc(OC(C)C)ccc1NC(=O)CNC1CC1. The summed E-state index contributed by atoms with van der Waals surface area (Å²) in [5.41, 5.74) is 1.86. The normalized spacial score (nSPS) is 14.5. The standard InChI is InChI=1S/C15H22N2O2/c1-10(2)19-13-6-7-14(11(3)8-13)17-15(18)9-16-12-4-5-12/h6-8,10,12,16H,4-5,9H2,1-3H3,(H,17,18). The highest BCUT2D eigenvalue weighted by Gasteiger charge is 2.21. The van der Waals surface area contributed by atoms with Crippen LogP contribution in [-0.4, -0.2) is 24.6 Å². The first-order valence-corrected chi connectivity index (χ1v) is 6.85. The number of aryl methyl sites for hydroxylation is 1. The highest BCUT2D eigenvalue weighted by atomic mass is 16.5. The van der Waals surface area contributed by atoms with Gasteiger partial charge in [0, 0.05) is 11.7 Å². The minimum absolute atomic E-state index is 0.00697. The van der Waals surface area contributed by atoms with Gasteiger partial charge in [0.05, 0.1) is 12.6 Å². The molecule has 1 saturated carbocycles. The molecule has 0 atom stereocenters. The van der Waals surface area contributed by atoms with E-state index in [1.54, 1.807) is 0 Å². The molecule has 0 aliphatic heterocycles. The van der Waals surface area contributed by atoms with E-state index in [-0.39, 0.29) is 12.0 Å². The smallest absolute Gasteiger partial charge is 0.238 e. The van der Waals surface area contributed by atoms with E-state index < -0.39 is 0 Å². The molecule has 0 heterocycles. The second-order valence-electron chi connectivity index (χ2n) is 5.35. The van der Waals surface area contributed by atoms with E-state index in [9.17, 15) is 4.79 Å². The van der Waals surface area contributed by atoms with Crippen LogP contribution in [-0.2, 0) is 4.79 Å². The molecule has 4 heteroatoms. The third-order valence-electron chi connectivity index (χ3n) is 2.97. The van der Waals surface area contributed by atoms with Gasteiger partial charge in [-0.15, -0.1) is 0 Å². The molecule has 1 aliphatic rings. The average Bonchev–Trinajstić information content (AvgIpc) is 3.13. The predicted molar refractivity (Wildman–Crippen MR) is 76.6 cm³/mol. The van der Waals surface area contributed by atoms with Crippen LogP contribution in [0.5, 0.6) is 5.75 Å². The van der Waals surface area contributed by atoms with Crippen molar-refractivity contribution in [2.45, 2.75) is 45.8 Å². The third-order valence-corrected chi connectivity index (χ3v) is 2.97. The van der Waals surface area contributed by atoms with Gasteiger partial charge < -0.3 is 15.4 Å². The number of hydrogen-bond acceptors (Lipinski definition) is 3. The summed E-state index contributed by atoms with van der Waals surface area (Å²) in [6, 6.07) is 6.27. The summed E-state index contributed by atoms with van der Waals surface area (Å²) in [4.78, 5) is 11.8. The van der Waals surface area contributed by atoms with E-state index >= 15 is 0 Å². The maximum absolute atomic E-state index is 11.8. The van der Waals surface area contributed by atoms with Gasteiger partial charge in [0.1, 0.15) is 5.75 Å². The van der Waals surface area contributed by atoms with Gasteiger partial charge in [-0.05, 0) is 57.4 Å². The highest BCUT2D eigenvalue weighted by molar-refractivity contribution is 5.93. The minimum atomic E-state index is 0.00697. The molecule has 1 aliphatic carbocycles. The Morgan fingerprint density at radius 3 is 2.74 bits per heavy atom. The molecule has 0 spiro atoms. The Bertz CT molecular complexity index is 453. The Kier molecular flexibility index (Phi) is 4.43. The van der Waals surface area contributed by atoms with Crippen LogP contribution in [0.2, 0.25) is 0 Å². The number of rotatable bonds is 6. The van der Waals surface area contributed by atoms with Crippen LogP contribution in [0.25, 0.3) is 0 Å². The van der Waals surface area contributed by atoms with E-state index in [0.717, 1.165) is 17.0 Å². The highest BCUT2D eigenvalue weighted by Crippen LogP contribution is 2.22. The van der Waals surface area contributed by atoms with Gasteiger partial charge in [-0.2, -0.15) is 0 Å². The fourth-order valence-corrected chi connectivity index (χ4v) is 1.84. The topological polar surface area (TPSA) is 50.4 Å². The number of carbonyl (C=O) groups excluding carboxylic acids is 1. The van der Waals surface area contributed by atoms with E-state index in [1.165, 1.54) is 12.8 Å². The molecular weight excluding hydrogens is 240 g/mol. The largest absolute Gasteiger partial charge is 0.491 e. The molecule has 1 aromatic carbocycles. The Labute approximate surface area is 114 Å². The summed E-state index contributed by atoms with van der Waals surface area (Å²) in [6.45, 7) is 6.34. The van der Waals surface area contributed by atoms with Crippen molar-refractivity contribution in [1.82, 2.24) is 5.32 Å². The first-order chi connectivity index (χ1) is 9.04. The first kappa shape index (κ1) is 13.9. The van der Waals surface area contributed by atoms with Crippen LogP contribution >= 0.6 is 0 Å². The number of nitrogens with one attached hydrogen (secondary N) is 2. The summed E-state index contributed by atoms with van der Waals surface area (Å²) in [5.74, 6) is 0.842. The molecule has 0 bridgehead atoms. The summed E-state index contributed by atoms with van der Waals surface area (Å²) in [5, 5.41) is 6.11. The molecule has 0 radical (unpaired) electrons. The van der Waals surface area contributed by atoms with Crippen molar-refractivity contribution in [2.75, 3.05) is 11.9 Å². The number of benzene rings is 1. The third kappa shape index (κ3) is 4.56. The lowest BCUT2D eigenvalue weighted by atomic mass is 10.2. The fourth-order valence-electron chi connectivity index (χ4n) is 1.84. The molecule has 104 valence electrons. The maximum atomic E-state index is 11.8. The maximum Gasteiger partial charge on any atom is 0.238 e. The molecule has 0 unspecified atom stereocenters. The molecular formula is C15H22N2O2. The van der Waals surface area contributed by atoms with E-state index in [0.29, 0.717) is 12.6 Å². The zero-order valence-corrected chi connectivity index (χ0v) is 11.8. The number of hydrogen-bond donors (Lipinski definition) is 2. The van der Waals surface area contributed by atoms with Gasteiger partial charge in [0.2, 0.25) is 5.91 Å². The lowest BCUT2D eigenvalue weighted by molar-refractivity contribution is -0.115. The predicted octanol–water partition coefficient (Wildman–Crippen LogP) is 2.47. The molecule has 1 fully saturated rings. The Morgan fingerprint density at radius 2 is 2.16 bits per heavy atom. The van der Waals surface area contributed by atoms with Crippen molar-refractivity contribution in [3.8, 4) is 5.75 Å². The lowest BCUT2D eigenvalue weighted by Crippen LogP contribution is -2.29. The van der Waals surface area contributed by atoms with E-state index in [1.807, 2.05) is 39.0 Å². The van der Waals surface area contributed by atoms with Crippen LogP contribution in [0.4, 0.5) is 5.69 Å². The van der Waals surface area contributed by atoms with Crippen molar-refractivity contribution in [1.29, 1.82) is 0 Å². The number of anilines is 1. The van der Waals surface area contributed by atoms with Gasteiger partial charge in [-0.25, -0.2) is 0 Å². The van der Waals surface area contributed by atoms with E-state index in [2.05, 4.69) is 10.6 Å². The molecule has 19 heavy (non-hydrogen) atoms. The van der Waals surface area contributed by atoms with Gasteiger partial charge in [-0.1, -0.05) is 0 Å². The fraction of sp³-hybridized carbons (Fsp3) is 0.533. The monoisotopic (exact) mass is 262 g/mol. The van der Waals surface area contributed by atoms with Crippen molar-refractivity contribution in [2.24, 2.45) is 0 Å². The van der Waals surface area contributed by atoms with Gasteiger partial charge >= 0.3 is 0 Å². The zero-order valence-electron chi connectivity index (χ0n) is 11.8. The Balaban J connectivity index is 1.90. The average molecular weight is 262 g/mol. The van der Waals surface area contributed by atoms with Crippen LogP contribution < -0.4 is 15.4 Å². The molecule has 1 aromatic rings. The molecule has 0 aromatic heterocycles. The van der Waals surface area contributed by atoms with E-state index in [4.69, 9.17) is 4.74 Å². The zero-order chi connectivity index (χ0) is 13.8. The Morgan fingerprint density at radius 1 is 1.42 bits per heavy atom. The van der Waals surface area contributed by atoms with Crippen molar-refractivity contribution >= 4 is 11.6 Å². The summed E-state index contributed by atoms with van der Waals surface area (Å²) in [7, 11) is 0. The van der Waals surface area contributed by atoms with Crippen molar-refractivity contribution < 1.29 is 9.53 Å². The van der Waals surface area contributed by atoms with Gasteiger partial charge in [-0.3, -0.25) is 4.79 Å². The lowest BCUT2D eigenvalue weighted by Gasteiger charge is -2.13. The molecule has 2 rings (SSSR count). The quantitative estimate of drug-likeness (QED) is 0.828. The van der Waals surface area contributed by atoms with Crippen molar-refractivity contribution in [3.63, 3.8) is 0 Å². The van der Waals surface area contributed by atoms with Crippen molar-refractivity contribution in [3.05, 3.63) is 23.8 Å². The number of carbonyl (C=O) groups is 1. The van der Waals surface area contributed by atoms with Crippen LogP contribution in [0.3, 0.4) is 0 Å². The summed E-state index contributed by atoms with van der Waals surface area (Å²) < 4.78 is 5.62. The first-order valence-electron chi connectivity index (χ1n) is 6.85. The Hall–Kier alpha value is -1.55.